The van der Waals surface area contributed by atoms with Crippen molar-refractivity contribution in [3.8, 4) is 5.75 Å². The van der Waals surface area contributed by atoms with E-state index in [0.29, 0.717) is 17.7 Å². The van der Waals surface area contributed by atoms with Crippen molar-refractivity contribution in [2.45, 2.75) is 26.3 Å². The largest absolute Gasteiger partial charge is 0.507 e. The number of carbonyl (C=O) groups excluding carboxylic acids is 2. The molecule has 5 rings (SSSR count). The lowest BCUT2D eigenvalue weighted by molar-refractivity contribution is -0.139. The van der Waals surface area contributed by atoms with E-state index >= 15 is 0 Å². The zero-order valence-electron chi connectivity index (χ0n) is 20.8. The van der Waals surface area contributed by atoms with Crippen molar-refractivity contribution in [3.05, 3.63) is 106 Å². The molecule has 4 aromatic rings. The molecule has 1 unspecified atom stereocenters. The van der Waals surface area contributed by atoms with Crippen molar-refractivity contribution >= 4 is 28.4 Å². The number of amides is 1. The van der Waals surface area contributed by atoms with Crippen LogP contribution in [0.25, 0.3) is 16.7 Å². The van der Waals surface area contributed by atoms with E-state index in [1.165, 1.54) is 17.0 Å². The second-order valence-electron chi connectivity index (χ2n) is 9.30. The van der Waals surface area contributed by atoms with Crippen LogP contribution in [0.2, 0.25) is 0 Å². The van der Waals surface area contributed by atoms with E-state index in [1.54, 1.807) is 37.6 Å². The van der Waals surface area contributed by atoms with Gasteiger partial charge in [0.15, 0.2) is 0 Å². The second kappa shape index (κ2) is 9.58. The first-order chi connectivity index (χ1) is 17.8. The van der Waals surface area contributed by atoms with Gasteiger partial charge in [-0.05, 0) is 67.3 Å². The molecule has 0 radical (unpaired) electrons. The number of carbonyl (C=O) groups is 2. The Morgan fingerprint density at radius 1 is 1.05 bits per heavy atom. The molecule has 1 amide bonds. The molecule has 0 aliphatic carbocycles. The Morgan fingerprint density at radius 2 is 1.78 bits per heavy atom. The Morgan fingerprint density at radius 3 is 2.51 bits per heavy atom. The average Bonchev–Trinajstić information content (AvgIpc) is 3.43. The number of nitrogens with zero attached hydrogens (tertiary/aromatic N) is 1. The summed E-state index contributed by atoms with van der Waals surface area (Å²) in [6.07, 6.45) is 2.21. The first-order valence-corrected chi connectivity index (χ1v) is 12.0. The summed E-state index contributed by atoms with van der Waals surface area (Å²) in [5.74, 6) is -1.31. The molecule has 1 fully saturated rings. The number of nitrogens with one attached hydrogen (secondary N) is 1. The number of likely N-dealkylation sites (tertiary alicyclic amines) is 1. The number of halogens is 1. The second-order valence-corrected chi connectivity index (χ2v) is 9.30. The molecule has 37 heavy (non-hydrogen) atoms. The van der Waals surface area contributed by atoms with E-state index in [4.69, 9.17) is 4.74 Å². The number of aliphatic hydroxyl groups excluding tert-OH is 1. The van der Waals surface area contributed by atoms with Crippen molar-refractivity contribution in [1.29, 1.82) is 0 Å². The van der Waals surface area contributed by atoms with E-state index < -0.39 is 17.7 Å². The molecule has 1 aromatic heterocycles. The summed E-state index contributed by atoms with van der Waals surface area (Å²) in [6.45, 7) is 3.90. The maximum atomic E-state index is 13.5. The van der Waals surface area contributed by atoms with Crippen LogP contribution in [0.4, 0.5) is 4.39 Å². The van der Waals surface area contributed by atoms with E-state index in [1.807, 2.05) is 38.1 Å². The molecule has 0 spiro atoms. The number of hydrogen-bond acceptors (Lipinski definition) is 4. The molecule has 2 heterocycles. The molecule has 6 nitrogen and oxygen atoms in total. The summed E-state index contributed by atoms with van der Waals surface area (Å²) in [4.78, 5) is 31.5. The van der Waals surface area contributed by atoms with Gasteiger partial charge in [0.2, 0.25) is 0 Å². The number of rotatable bonds is 6. The number of fused-ring (bicyclic) bond motifs is 1. The quantitative estimate of drug-likeness (QED) is 0.206. The highest BCUT2D eigenvalue weighted by atomic mass is 19.1. The van der Waals surface area contributed by atoms with Crippen molar-refractivity contribution in [2.75, 3.05) is 13.7 Å². The predicted molar refractivity (Wildman–Crippen MR) is 140 cm³/mol. The highest BCUT2D eigenvalue weighted by Gasteiger charge is 2.46. The molecule has 0 saturated carbocycles. The van der Waals surface area contributed by atoms with Crippen LogP contribution in [0.1, 0.15) is 33.9 Å². The van der Waals surface area contributed by atoms with Crippen LogP contribution in [0.5, 0.6) is 5.75 Å². The summed E-state index contributed by atoms with van der Waals surface area (Å²) < 4.78 is 18.8. The van der Waals surface area contributed by atoms with Gasteiger partial charge in [0.1, 0.15) is 17.3 Å². The number of methoxy groups -OCH3 is 1. The first kappa shape index (κ1) is 24.3. The zero-order chi connectivity index (χ0) is 26.3. The Balaban J connectivity index is 1.65. The first-order valence-electron chi connectivity index (χ1n) is 12.0. The molecule has 3 aromatic carbocycles. The lowest BCUT2D eigenvalue weighted by atomic mass is 9.92. The maximum Gasteiger partial charge on any atom is 0.295 e. The number of aromatic nitrogens is 1. The maximum absolute atomic E-state index is 13.5. The topological polar surface area (TPSA) is 82.6 Å². The minimum absolute atomic E-state index is 0.0431. The molecule has 1 atom stereocenters. The minimum Gasteiger partial charge on any atom is -0.507 e. The van der Waals surface area contributed by atoms with Gasteiger partial charge in [-0.1, -0.05) is 30.3 Å². The summed E-state index contributed by atoms with van der Waals surface area (Å²) >= 11 is 0. The summed E-state index contributed by atoms with van der Waals surface area (Å²) in [7, 11) is 1.57. The van der Waals surface area contributed by atoms with Crippen molar-refractivity contribution in [3.63, 3.8) is 0 Å². The molecule has 7 heteroatoms. The van der Waals surface area contributed by atoms with Gasteiger partial charge in [-0.2, -0.15) is 0 Å². The van der Waals surface area contributed by atoms with Crippen LogP contribution in [0.15, 0.2) is 72.4 Å². The monoisotopic (exact) mass is 498 g/mol. The third-order valence-electron chi connectivity index (χ3n) is 7.01. The van der Waals surface area contributed by atoms with Crippen LogP contribution in [0.3, 0.4) is 0 Å². The number of benzene rings is 3. The standard InChI is InChI=1S/C30H27FN2O4/c1-17-15-25(37-3)18(2)14-22(17)28(34)26-27(23-16-32-24-7-5-4-6-21(23)24)33(30(36)29(26)35)13-12-19-8-10-20(31)11-9-19/h4-11,14-16,27,32,34H,12-13H2,1-3H3/b28-26+. The van der Waals surface area contributed by atoms with E-state index in [-0.39, 0.29) is 23.7 Å². The van der Waals surface area contributed by atoms with Gasteiger partial charge in [0, 0.05) is 34.8 Å². The van der Waals surface area contributed by atoms with Gasteiger partial charge in [-0.25, -0.2) is 4.39 Å². The van der Waals surface area contributed by atoms with E-state index in [0.717, 1.165) is 33.2 Å². The number of aromatic amines is 1. The molecular formula is C30H27FN2O4. The molecule has 1 saturated heterocycles. The average molecular weight is 499 g/mol. The Labute approximate surface area is 214 Å². The van der Waals surface area contributed by atoms with Crippen LogP contribution in [-0.2, 0) is 16.0 Å². The van der Waals surface area contributed by atoms with Gasteiger partial charge in [0.05, 0.1) is 18.7 Å². The Kier molecular flexibility index (Phi) is 6.29. The smallest absolute Gasteiger partial charge is 0.295 e. The highest BCUT2D eigenvalue weighted by molar-refractivity contribution is 6.46. The van der Waals surface area contributed by atoms with Gasteiger partial charge in [0.25, 0.3) is 11.7 Å². The summed E-state index contributed by atoms with van der Waals surface area (Å²) in [6, 6.07) is 16.5. The van der Waals surface area contributed by atoms with Crippen molar-refractivity contribution in [1.82, 2.24) is 9.88 Å². The summed E-state index contributed by atoms with van der Waals surface area (Å²) in [5, 5.41) is 12.4. The molecule has 2 N–H and O–H groups in total. The van der Waals surface area contributed by atoms with E-state index in [2.05, 4.69) is 4.98 Å². The van der Waals surface area contributed by atoms with Crippen LogP contribution >= 0.6 is 0 Å². The molecule has 1 aliphatic rings. The fourth-order valence-electron chi connectivity index (χ4n) is 5.06. The van der Waals surface area contributed by atoms with Gasteiger partial charge in [-0.3, -0.25) is 9.59 Å². The number of aliphatic hydroxyl groups is 1. The van der Waals surface area contributed by atoms with Crippen LogP contribution in [0, 0.1) is 19.7 Å². The molecule has 188 valence electrons. The fraction of sp³-hybridized carbons (Fsp3) is 0.200. The molecule has 1 aliphatic heterocycles. The highest BCUT2D eigenvalue weighted by Crippen LogP contribution is 2.42. The van der Waals surface area contributed by atoms with Gasteiger partial charge in [-0.15, -0.1) is 0 Å². The van der Waals surface area contributed by atoms with Crippen molar-refractivity contribution in [2.24, 2.45) is 0 Å². The predicted octanol–water partition coefficient (Wildman–Crippen LogP) is 5.60. The number of hydrogen-bond donors (Lipinski definition) is 2. The number of ketones is 1. The number of H-pyrrole nitrogens is 1. The van der Waals surface area contributed by atoms with Crippen LogP contribution < -0.4 is 4.74 Å². The minimum atomic E-state index is -0.793. The number of Topliss-reactive ketones (excluding diaryl/α,β-unsaturated/α-hetero) is 1. The fourth-order valence-corrected chi connectivity index (χ4v) is 5.06. The van der Waals surface area contributed by atoms with E-state index in [9.17, 15) is 19.1 Å². The van der Waals surface area contributed by atoms with Gasteiger partial charge >= 0.3 is 0 Å². The normalized spacial score (nSPS) is 17.1. The molecule has 0 bridgehead atoms. The SMILES string of the molecule is COc1cc(C)c(/C(O)=C2\C(=O)C(=O)N(CCc3ccc(F)cc3)C2c2c[nH]c3ccccc23)cc1C. The third-order valence-corrected chi connectivity index (χ3v) is 7.01. The van der Waals surface area contributed by atoms with Crippen molar-refractivity contribution < 1.29 is 23.8 Å². The zero-order valence-corrected chi connectivity index (χ0v) is 20.8. The third kappa shape index (κ3) is 4.27. The molecular weight excluding hydrogens is 471 g/mol. The van der Waals surface area contributed by atoms with Crippen LogP contribution in [-0.4, -0.2) is 40.3 Å². The number of ether oxygens (including phenoxy) is 1. The lowest BCUT2D eigenvalue weighted by Crippen LogP contribution is -2.31. The summed E-state index contributed by atoms with van der Waals surface area (Å²) in [5.41, 5.74) is 4.44. The Hall–Kier alpha value is -4.39. The number of aryl methyl sites for hydroxylation is 2. The Bertz CT molecular complexity index is 1550. The lowest BCUT2D eigenvalue weighted by Gasteiger charge is -2.25. The number of para-hydroxylation sites is 1. The van der Waals surface area contributed by atoms with Gasteiger partial charge < -0.3 is 19.7 Å².